The van der Waals surface area contributed by atoms with Crippen LogP contribution in [0.4, 0.5) is 0 Å². The number of amides is 2. The van der Waals surface area contributed by atoms with Gasteiger partial charge in [-0.05, 0) is 25.2 Å². The Kier molecular flexibility index (Phi) is 12.4. The van der Waals surface area contributed by atoms with Crippen LogP contribution in [0.2, 0.25) is 0 Å². The van der Waals surface area contributed by atoms with E-state index >= 15 is 0 Å². The van der Waals surface area contributed by atoms with E-state index in [4.69, 9.17) is 10.5 Å². The summed E-state index contributed by atoms with van der Waals surface area (Å²) in [6, 6.07) is -0.330. The predicted octanol–water partition coefficient (Wildman–Crippen LogP) is 0.643. The van der Waals surface area contributed by atoms with Gasteiger partial charge >= 0.3 is 0 Å². The molecule has 2 rings (SSSR count). The molecule has 3 N–H and O–H groups in total. The number of carbonyl (C=O) groups excluding carboxylic acids is 2. The summed E-state index contributed by atoms with van der Waals surface area (Å²) in [5, 5.41) is 2.70. The van der Waals surface area contributed by atoms with E-state index in [9.17, 15) is 9.59 Å². The number of ether oxygens (including phenoxy) is 1. The maximum atomic E-state index is 12.6. The summed E-state index contributed by atoms with van der Waals surface area (Å²) in [6.45, 7) is 8.90. The maximum absolute atomic E-state index is 12.6. The van der Waals surface area contributed by atoms with Crippen molar-refractivity contribution in [1.29, 1.82) is 0 Å². The van der Waals surface area contributed by atoms with Crippen LogP contribution in [0.5, 0.6) is 0 Å². The highest BCUT2D eigenvalue weighted by Crippen LogP contribution is 2.18. The van der Waals surface area contributed by atoms with Gasteiger partial charge in [-0.15, -0.1) is 24.8 Å². The van der Waals surface area contributed by atoms with Crippen molar-refractivity contribution in [2.45, 2.75) is 45.2 Å². The Balaban J connectivity index is 0.00000312. The lowest BCUT2D eigenvalue weighted by Crippen LogP contribution is -2.54. The van der Waals surface area contributed by atoms with Crippen molar-refractivity contribution >= 4 is 36.6 Å². The van der Waals surface area contributed by atoms with E-state index in [-0.39, 0.29) is 55.1 Å². The van der Waals surface area contributed by atoms with Gasteiger partial charge in [0.1, 0.15) is 0 Å². The van der Waals surface area contributed by atoms with E-state index in [0.717, 1.165) is 58.7 Å². The Morgan fingerprint density at radius 3 is 2.42 bits per heavy atom. The van der Waals surface area contributed by atoms with E-state index in [0.29, 0.717) is 0 Å². The first kappa shape index (κ1) is 25.4. The lowest BCUT2D eigenvalue weighted by atomic mass is 10.0. The number of rotatable bonds is 6. The van der Waals surface area contributed by atoms with Crippen molar-refractivity contribution in [2.75, 3.05) is 45.9 Å². The average Bonchev–Trinajstić information content (AvgIpc) is 2.60. The number of likely N-dealkylation sites (tertiary alicyclic amines) is 1. The molecule has 2 heterocycles. The molecule has 2 amide bonds. The molecule has 2 aliphatic heterocycles. The number of hydrogen-bond donors (Lipinski definition) is 2. The normalized spacial score (nSPS) is 22.2. The molecule has 2 saturated heterocycles. The fourth-order valence-corrected chi connectivity index (χ4v) is 3.29. The highest BCUT2D eigenvalue weighted by atomic mass is 35.5. The van der Waals surface area contributed by atoms with Crippen LogP contribution in [-0.2, 0) is 14.3 Å². The first-order valence-electron chi connectivity index (χ1n) is 9.12. The van der Waals surface area contributed by atoms with Crippen molar-refractivity contribution in [3.8, 4) is 0 Å². The van der Waals surface area contributed by atoms with Crippen LogP contribution in [0.1, 0.15) is 33.1 Å². The molecular weight excluding hydrogens is 379 g/mol. The summed E-state index contributed by atoms with van der Waals surface area (Å²) in [7, 11) is 0. The van der Waals surface area contributed by atoms with Gasteiger partial charge in [0.2, 0.25) is 11.8 Å². The Bertz CT molecular complexity index is 434. The molecule has 0 aromatic heterocycles. The second kappa shape index (κ2) is 12.7. The largest absolute Gasteiger partial charge is 0.379 e. The fraction of sp³-hybridized carbons (Fsp3) is 0.882. The van der Waals surface area contributed by atoms with Crippen molar-refractivity contribution in [1.82, 2.24) is 15.1 Å². The number of morpholine rings is 1. The molecule has 9 heteroatoms. The van der Waals surface area contributed by atoms with Crippen molar-refractivity contribution in [3.63, 3.8) is 0 Å². The number of hydrogen-bond acceptors (Lipinski definition) is 5. The highest BCUT2D eigenvalue weighted by Gasteiger charge is 2.29. The first-order valence-corrected chi connectivity index (χ1v) is 9.12. The third kappa shape index (κ3) is 7.56. The summed E-state index contributed by atoms with van der Waals surface area (Å²) in [6.07, 6.45) is 3.22. The SMILES string of the molecule is CC(C)[C@H](N)C(=O)NCC(=O)N1CCCCC1CN1CCOCC1.Cl.Cl. The van der Waals surface area contributed by atoms with Gasteiger partial charge in [-0.25, -0.2) is 0 Å². The minimum absolute atomic E-state index is 0. The zero-order valence-electron chi connectivity index (χ0n) is 15.8. The van der Waals surface area contributed by atoms with Crippen molar-refractivity contribution in [3.05, 3.63) is 0 Å². The zero-order valence-corrected chi connectivity index (χ0v) is 17.4. The standard InChI is InChI=1S/C17H32N4O3.2ClH/c1-13(2)16(18)17(23)19-11-15(22)21-6-4-3-5-14(21)12-20-7-9-24-10-8-20;;/h13-14,16H,3-12,18H2,1-2H3,(H,19,23);2*1H/t14?,16-;;/m0../s1. The maximum Gasteiger partial charge on any atom is 0.242 e. The van der Waals surface area contributed by atoms with E-state index in [1.54, 1.807) is 0 Å². The second-order valence-corrected chi connectivity index (χ2v) is 7.14. The van der Waals surface area contributed by atoms with Gasteiger partial charge in [0, 0.05) is 32.2 Å². The number of halogens is 2. The molecule has 0 radical (unpaired) electrons. The Labute approximate surface area is 169 Å². The summed E-state index contributed by atoms with van der Waals surface area (Å²) in [4.78, 5) is 28.8. The Morgan fingerprint density at radius 1 is 1.15 bits per heavy atom. The van der Waals surface area contributed by atoms with Crippen molar-refractivity contribution in [2.24, 2.45) is 11.7 Å². The lowest BCUT2D eigenvalue weighted by Gasteiger charge is -2.39. The van der Waals surface area contributed by atoms with Crippen LogP contribution >= 0.6 is 24.8 Å². The van der Waals surface area contributed by atoms with E-state index in [2.05, 4.69) is 10.2 Å². The molecule has 0 aliphatic carbocycles. The molecule has 0 bridgehead atoms. The molecule has 1 unspecified atom stereocenters. The summed E-state index contributed by atoms with van der Waals surface area (Å²) >= 11 is 0. The van der Waals surface area contributed by atoms with Gasteiger partial charge in [-0.1, -0.05) is 13.8 Å². The van der Waals surface area contributed by atoms with Gasteiger partial charge in [-0.2, -0.15) is 0 Å². The summed E-state index contributed by atoms with van der Waals surface area (Å²) in [5.74, 6) is -0.193. The second-order valence-electron chi connectivity index (χ2n) is 7.14. The molecule has 2 atom stereocenters. The van der Waals surface area contributed by atoms with Crippen LogP contribution in [0.25, 0.3) is 0 Å². The van der Waals surface area contributed by atoms with Crippen LogP contribution in [0.15, 0.2) is 0 Å². The first-order chi connectivity index (χ1) is 11.5. The Morgan fingerprint density at radius 2 is 1.81 bits per heavy atom. The smallest absolute Gasteiger partial charge is 0.242 e. The minimum Gasteiger partial charge on any atom is -0.379 e. The van der Waals surface area contributed by atoms with Crippen LogP contribution in [-0.4, -0.2) is 79.6 Å². The van der Waals surface area contributed by atoms with Gasteiger partial charge in [0.15, 0.2) is 0 Å². The number of carbonyl (C=O) groups is 2. The van der Waals surface area contributed by atoms with Gasteiger partial charge < -0.3 is 20.7 Å². The van der Waals surface area contributed by atoms with E-state index in [1.807, 2.05) is 18.7 Å². The quantitative estimate of drug-likeness (QED) is 0.668. The molecule has 0 aromatic carbocycles. The molecular formula is C17H34Cl2N4O3. The third-order valence-electron chi connectivity index (χ3n) is 4.95. The molecule has 154 valence electrons. The highest BCUT2D eigenvalue weighted by molar-refractivity contribution is 5.87. The molecule has 2 fully saturated rings. The molecule has 26 heavy (non-hydrogen) atoms. The zero-order chi connectivity index (χ0) is 17.5. The van der Waals surface area contributed by atoms with Crippen LogP contribution in [0, 0.1) is 5.92 Å². The monoisotopic (exact) mass is 412 g/mol. The molecule has 0 saturated carbocycles. The number of nitrogens with two attached hydrogens (primary N) is 1. The molecule has 0 spiro atoms. The third-order valence-corrected chi connectivity index (χ3v) is 4.95. The summed E-state index contributed by atoms with van der Waals surface area (Å²) < 4.78 is 5.39. The summed E-state index contributed by atoms with van der Waals surface area (Å²) in [5.41, 5.74) is 5.82. The van der Waals surface area contributed by atoms with E-state index < -0.39 is 6.04 Å². The van der Waals surface area contributed by atoms with Crippen molar-refractivity contribution < 1.29 is 14.3 Å². The number of nitrogens with zero attached hydrogens (tertiary/aromatic N) is 2. The topological polar surface area (TPSA) is 87.9 Å². The van der Waals surface area contributed by atoms with Crippen LogP contribution < -0.4 is 11.1 Å². The minimum atomic E-state index is -0.566. The molecule has 7 nitrogen and oxygen atoms in total. The Hall–Kier alpha value is -0.600. The van der Waals surface area contributed by atoms with Gasteiger partial charge in [0.25, 0.3) is 0 Å². The predicted molar refractivity (Wildman–Crippen MR) is 107 cm³/mol. The van der Waals surface area contributed by atoms with Crippen LogP contribution in [0.3, 0.4) is 0 Å². The number of piperidine rings is 1. The van der Waals surface area contributed by atoms with Gasteiger partial charge in [0.05, 0.1) is 25.8 Å². The molecule has 0 aromatic rings. The average molecular weight is 413 g/mol. The van der Waals surface area contributed by atoms with E-state index in [1.165, 1.54) is 0 Å². The lowest BCUT2D eigenvalue weighted by molar-refractivity contribution is -0.137. The van der Waals surface area contributed by atoms with Gasteiger partial charge in [-0.3, -0.25) is 14.5 Å². The molecule has 2 aliphatic rings. The fourth-order valence-electron chi connectivity index (χ4n) is 3.29. The number of nitrogens with one attached hydrogen (secondary N) is 1.